The van der Waals surface area contributed by atoms with Crippen LogP contribution in [0.15, 0.2) is 42.5 Å². The Labute approximate surface area is 175 Å². The van der Waals surface area contributed by atoms with Crippen LogP contribution in [0.2, 0.25) is 0 Å². The topological polar surface area (TPSA) is 66.5 Å². The van der Waals surface area contributed by atoms with Crippen LogP contribution in [0.1, 0.15) is 55.0 Å². The third kappa shape index (κ3) is 5.60. The molecule has 2 aromatic rings. The van der Waals surface area contributed by atoms with Crippen molar-refractivity contribution < 1.29 is 13.2 Å². The zero-order chi connectivity index (χ0) is 21.8. The molecule has 5 nitrogen and oxygen atoms in total. The number of benzene rings is 2. The van der Waals surface area contributed by atoms with Gasteiger partial charge < -0.3 is 5.32 Å². The van der Waals surface area contributed by atoms with E-state index in [9.17, 15) is 13.2 Å². The van der Waals surface area contributed by atoms with Gasteiger partial charge in [-0.2, -0.15) is 0 Å². The first kappa shape index (κ1) is 22.9. The van der Waals surface area contributed by atoms with E-state index in [-0.39, 0.29) is 11.9 Å². The molecule has 0 aliphatic carbocycles. The molecule has 2 rings (SSSR count). The average Bonchev–Trinajstić information content (AvgIpc) is 2.66. The van der Waals surface area contributed by atoms with Gasteiger partial charge in [0.25, 0.3) is 0 Å². The SMILES string of the molecule is CC[C@H](NC(=O)[C@H](CC)N(c1ccc(C)cc1)S(C)(=O)=O)c1ccc(C)c(C)c1. The van der Waals surface area contributed by atoms with Gasteiger partial charge in [-0.05, 0) is 62.4 Å². The predicted octanol–water partition coefficient (Wildman–Crippen LogP) is 4.42. The van der Waals surface area contributed by atoms with Gasteiger partial charge in [0, 0.05) is 0 Å². The zero-order valence-corrected chi connectivity index (χ0v) is 19.0. The molecule has 0 fully saturated rings. The highest BCUT2D eigenvalue weighted by Gasteiger charge is 2.32. The minimum atomic E-state index is -3.63. The monoisotopic (exact) mass is 416 g/mol. The fourth-order valence-electron chi connectivity index (χ4n) is 3.42. The van der Waals surface area contributed by atoms with Gasteiger partial charge in [-0.1, -0.05) is 49.7 Å². The third-order valence-corrected chi connectivity index (χ3v) is 6.46. The second-order valence-electron chi connectivity index (χ2n) is 7.63. The van der Waals surface area contributed by atoms with Crippen molar-refractivity contribution in [2.45, 2.75) is 59.5 Å². The maximum absolute atomic E-state index is 13.2. The van der Waals surface area contributed by atoms with E-state index in [0.717, 1.165) is 17.4 Å². The number of hydrogen-bond donors (Lipinski definition) is 1. The molecule has 0 saturated heterocycles. The highest BCUT2D eigenvalue weighted by atomic mass is 32.2. The average molecular weight is 417 g/mol. The standard InChI is InChI=1S/C23H32N2O3S/c1-7-21(19-12-11-17(4)18(5)15-19)24-23(26)22(8-2)25(29(6,27)28)20-13-9-16(3)10-14-20/h9-15,21-22H,7-8H2,1-6H3,(H,24,26)/t21-,22-/m0/s1. The minimum Gasteiger partial charge on any atom is -0.347 e. The van der Waals surface area contributed by atoms with Crippen LogP contribution in [0.25, 0.3) is 0 Å². The lowest BCUT2D eigenvalue weighted by Crippen LogP contribution is -2.50. The smallest absolute Gasteiger partial charge is 0.244 e. The number of rotatable bonds is 8. The molecule has 29 heavy (non-hydrogen) atoms. The minimum absolute atomic E-state index is 0.171. The number of nitrogens with one attached hydrogen (secondary N) is 1. The Balaban J connectivity index is 2.34. The van der Waals surface area contributed by atoms with Gasteiger partial charge in [0.1, 0.15) is 6.04 Å². The molecule has 0 aliphatic rings. The van der Waals surface area contributed by atoms with E-state index in [1.54, 1.807) is 12.1 Å². The van der Waals surface area contributed by atoms with Crippen molar-refractivity contribution >= 4 is 21.6 Å². The molecule has 0 unspecified atom stereocenters. The molecule has 0 spiro atoms. The van der Waals surface area contributed by atoms with Gasteiger partial charge in [-0.15, -0.1) is 0 Å². The van der Waals surface area contributed by atoms with Gasteiger partial charge in [-0.3, -0.25) is 9.10 Å². The molecule has 0 bridgehead atoms. The summed E-state index contributed by atoms with van der Waals surface area (Å²) in [5.41, 5.74) is 4.92. The van der Waals surface area contributed by atoms with Crippen LogP contribution in [-0.2, 0) is 14.8 Å². The van der Waals surface area contributed by atoms with Gasteiger partial charge in [0.15, 0.2) is 0 Å². The second kappa shape index (κ2) is 9.44. The van der Waals surface area contributed by atoms with E-state index in [4.69, 9.17) is 0 Å². The fraction of sp³-hybridized carbons (Fsp3) is 0.435. The van der Waals surface area contributed by atoms with Crippen molar-refractivity contribution in [2.24, 2.45) is 0 Å². The van der Waals surface area contributed by atoms with Crippen LogP contribution in [0, 0.1) is 20.8 Å². The number of sulfonamides is 1. The van der Waals surface area contributed by atoms with Crippen molar-refractivity contribution in [3.05, 3.63) is 64.7 Å². The van der Waals surface area contributed by atoms with Gasteiger partial charge in [0.05, 0.1) is 18.0 Å². The fourth-order valence-corrected chi connectivity index (χ4v) is 4.63. The Bertz CT molecular complexity index is 953. The third-order valence-electron chi connectivity index (χ3n) is 5.28. The molecule has 0 radical (unpaired) electrons. The summed E-state index contributed by atoms with van der Waals surface area (Å²) in [5.74, 6) is -0.288. The molecule has 158 valence electrons. The number of carbonyl (C=O) groups excluding carboxylic acids is 1. The Morgan fingerprint density at radius 1 is 0.966 bits per heavy atom. The van der Waals surface area contributed by atoms with Crippen LogP contribution < -0.4 is 9.62 Å². The van der Waals surface area contributed by atoms with Crippen LogP contribution in [-0.4, -0.2) is 26.6 Å². The number of nitrogens with zero attached hydrogens (tertiary/aromatic N) is 1. The summed E-state index contributed by atoms with van der Waals surface area (Å²) in [5, 5.41) is 3.07. The highest BCUT2D eigenvalue weighted by Crippen LogP contribution is 2.25. The Morgan fingerprint density at radius 3 is 2.07 bits per heavy atom. The second-order valence-corrected chi connectivity index (χ2v) is 9.49. The molecule has 2 aromatic carbocycles. The Morgan fingerprint density at radius 2 is 1.59 bits per heavy atom. The molecule has 0 saturated carbocycles. The van der Waals surface area contributed by atoms with Crippen molar-refractivity contribution in [1.29, 1.82) is 0 Å². The van der Waals surface area contributed by atoms with Gasteiger partial charge in [0.2, 0.25) is 15.9 Å². The lowest BCUT2D eigenvalue weighted by molar-refractivity contribution is -0.123. The predicted molar refractivity (Wildman–Crippen MR) is 120 cm³/mol. The van der Waals surface area contributed by atoms with Crippen molar-refractivity contribution in [3.63, 3.8) is 0 Å². The molecule has 0 aromatic heterocycles. The van der Waals surface area contributed by atoms with Crippen LogP contribution in [0.4, 0.5) is 5.69 Å². The highest BCUT2D eigenvalue weighted by molar-refractivity contribution is 7.92. The van der Waals surface area contributed by atoms with Crippen molar-refractivity contribution in [3.8, 4) is 0 Å². The van der Waals surface area contributed by atoms with Crippen LogP contribution in [0.3, 0.4) is 0 Å². The van der Waals surface area contributed by atoms with Crippen LogP contribution >= 0.6 is 0 Å². The Kier molecular flexibility index (Phi) is 7.47. The maximum atomic E-state index is 13.2. The molecule has 1 N–H and O–H groups in total. The van der Waals surface area contributed by atoms with E-state index in [1.807, 2.05) is 52.0 Å². The van der Waals surface area contributed by atoms with Gasteiger partial charge in [-0.25, -0.2) is 8.42 Å². The number of aryl methyl sites for hydroxylation is 3. The molecule has 2 atom stereocenters. The molecule has 6 heteroatoms. The molecule has 1 amide bonds. The number of amides is 1. The summed E-state index contributed by atoms with van der Waals surface area (Å²) in [6.07, 6.45) is 2.23. The first-order chi connectivity index (χ1) is 13.6. The van der Waals surface area contributed by atoms with E-state index >= 15 is 0 Å². The van der Waals surface area contributed by atoms with Gasteiger partial charge >= 0.3 is 0 Å². The normalized spacial score (nSPS) is 13.6. The van der Waals surface area contributed by atoms with E-state index in [1.165, 1.54) is 15.4 Å². The lowest BCUT2D eigenvalue weighted by atomic mass is 9.99. The summed E-state index contributed by atoms with van der Waals surface area (Å²) in [7, 11) is -3.63. The van der Waals surface area contributed by atoms with Crippen molar-refractivity contribution in [2.75, 3.05) is 10.6 Å². The largest absolute Gasteiger partial charge is 0.347 e. The Hall–Kier alpha value is -2.34. The molecular weight excluding hydrogens is 384 g/mol. The van der Waals surface area contributed by atoms with Crippen LogP contribution in [0.5, 0.6) is 0 Å². The summed E-state index contributed by atoms with van der Waals surface area (Å²) in [6.45, 7) is 9.87. The molecule has 0 heterocycles. The quantitative estimate of drug-likeness (QED) is 0.692. The first-order valence-electron chi connectivity index (χ1n) is 10.0. The summed E-state index contributed by atoms with van der Waals surface area (Å²) in [4.78, 5) is 13.2. The molecular formula is C23H32N2O3S. The zero-order valence-electron chi connectivity index (χ0n) is 18.2. The number of carbonyl (C=O) groups is 1. The summed E-state index contributed by atoms with van der Waals surface area (Å²) in [6, 6.07) is 12.4. The summed E-state index contributed by atoms with van der Waals surface area (Å²) < 4.78 is 26.4. The number of hydrogen-bond acceptors (Lipinski definition) is 3. The van der Waals surface area contributed by atoms with E-state index in [2.05, 4.69) is 18.3 Å². The maximum Gasteiger partial charge on any atom is 0.244 e. The lowest BCUT2D eigenvalue weighted by Gasteiger charge is -2.31. The number of anilines is 1. The first-order valence-corrected chi connectivity index (χ1v) is 11.9. The van der Waals surface area contributed by atoms with Crippen molar-refractivity contribution in [1.82, 2.24) is 5.32 Å². The summed E-state index contributed by atoms with van der Waals surface area (Å²) >= 11 is 0. The van der Waals surface area contributed by atoms with E-state index < -0.39 is 16.1 Å². The molecule has 0 aliphatic heterocycles. The van der Waals surface area contributed by atoms with E-state index in [0.29, 0.717) is 18.5 Å².